The second kappa shape index (κ2) is 5.34. The van der Waals surface area contributed by atoms with E-state index in [9.17, 15) is 26.3 Å². The molecule has 1 atom stereocenters. The number of rotatable bonds is 3. The van der Waals surface area contributed by atoms with Gasteiger partial charge >= 0.3 is 16.2 Å². The fraction of sp³-hybridized carbons (Fsp3) is 0.273. The molecule has 6 nitrogen and oxygen atoms in total. The lowest BCUT2D eigenvalue weighted by Crippen LogP contribution is -2.28. The van der Waals surface area contributed by atoms with Crippen LogP contribution in [0.15, 0.2) is 16.6 Å². The molecule has 114 valence electrons. The van der Waals surface area contributed by atoms with E-state index in [2.05, 4.69) is 15.9 Å². The Kier molecular flexibility index (Phi) is 4.02. The molecule has 0 spiro atoms. The maximum atomic E-state index is 13.4. The summed E-state index contributed by atoms with van der Waals surface area (Å²) >= 11 is 2.85. The van der Waals surface area contributed by atoms with Crippen LogP contribution in [0.5, 0.6) is 0 Å². The number of carboxylic acids is 1. The summed E-state index contributed by atoms with van der Waals surface area (Å²) in [7, 11) is -4.92. The van der Waals surface area contributed by atoms with Gasteiger partial charge in [0.2, 0.25) is 5.91 Å². The zero-order chi connectivity index (χ0) is 15.9. The number of amides is 1. The van der Waals surface area contributed by atoms with Gasteiger partial charge in [0, 0.05) is 13.0 Å². The van der Waals surface area contributed by atoms with Crippen molar-refractivity contribution in [2.75, 3.05) is 11.4 Å². The summed E-state index contributed by atoms with van der Waals surface area (Å²) in [6, 6.07) is 1.75. The molecule has 10 heteroatoms. The summed E-state index contributed by atoms with van der Waals surface area (Å²) in [4.78, 5) is 23.7. The summed E-state index contributed by atoms with van der Waals surface area (Å²) in [5.41, 5.74) is -0.701. The molecule has 1 heterocycles. The largest absolute Gasteiger partial charge is 0.478 e. The van der Waals surface area contributed by atoms with Crippen LogP contribution in [0.2, 0.25) is 0 Å². The summed E-state index contributed by atoms with van der Waals surface area (Å²) in [5.74, 6) is -3.09. The van der Waals surface area contributed by atoms with E-state index in [-0.39, 0.29) is 10.2 Å². The summed E-state index contributed by atoms with van der Waals surface area (Å²) < 4.78 is 48.0. The third kappa shape index (κ3) is 3.05. The normalized spacial score (nSPS) is 19.1. The Balaban J connectivity index is 2.50. The van der Waals surface area contributed by atoms with Gasteiger partial charge in [0.15, 0.2) is 0 Å². The van der Waals surface area contributed by atoms with Crippen molar-refractivity contribution in [1.29, 1.82) is 0 Å². The Morgan fingerprint density at radius 2 is 2.05 bits per heavy atom. The van der Waals surface area contributed by atoms with Crippen molar-refractivity contribution in [3.63, 3.8) is 0 Å². The first-order valence-electron chi connectivity index (χ1n) is 5.57. The Bertz CT molecular complexity index is 736. The lowest BCUT2D eigenvalue weighted by atomic mass is 10.1. The number of aromatic carboxylic acids is 1. The van der Waals surface area contributed by atoms with Gasteiger partial charge in [-0.25, -0.2) is 9.18 Å². The maximum absolute atomic E-state index is 13.4. The zero-order valence-corrected chi connectivity index (χ0v) is 12.6. The number of anilines is 1. The molecule has 0 aliphatic carbocycles. The summed E-state index contributed by atoms with van der Waals surface area (Å²) in [6.45, 7) is -0.518. The van der Waals surface area contributed by atoms with Gasteiger partial charge in [-0.2, -0.15) is 8.42 Å². The average Bonchev–Trinajstić information content (AvgIpc) is 2.74. The number of carbonyl (C=O) groups is 2. The quantitative estimate of drug-likeness (QED) is 0.801. The number of hydrogen-bond donors (Lipinski definition) is 1. The first kappa shape index (κ1) is 15.8. The van der Waals surface area contributed by atoms with E-state index in [4.69, 9.17) is 5.11 Å². The molecule has 1 fully saturated rings. The standard InChI is InChI=1S/C11H8BrF2NO5S/c12-7-3-9(6(11(17)18)2-8(7)13)15-4-5(1-10(15)16)21(14,19)20/h2-3,5H,1,4H2,(H,17,18). The van der Waals surface area contributed by atoms with E-state index >= 15 is 0 Å². The summed E-state index contributed by atoms with van der Waals surface area (Å²) in [6.07, 6.45) is -0.590. The molecule has 0 bridgehead atoms. The molecule has 1 N–H and O–H groups in total. The lowest BCUT2D eigenvalue weighted by Gasteiger charge is -2.19. The van der Waals surface area contributed by atoms with Crippen LogP contribution in [0.1, 0.15) is 16.8 Å². The third-order valence-electron chi connectivity index (χ3n) is 3.05. The van der Waals surface area contributed by atoms with E-state index in [1.165, 1.54) is 0 Å². The second-order valence-electron chi connectivity index (χ2n) is 4.39. The summed E-state index contributed by atoms with van der Waals surface area (Å²) in [5, 5.41) is 7.48. The van der Waals surface area contributed by atoms with Crippen molar-refractivity contribution in [2.45, 2.75) is 11.7 Å². The maximum Gasteiger partial charge on any atom is 0.337 e. The number of halogens is 3. The van der Waals surface area contributed by atoms with Gasteiger partial charge in [-0.1, -0.05) is 0 Å². The van der Waals surface area contributed by atoms with Crippen LogP contribution >= 0.6 is 15.9 Å². The predicted molar refractivity (Wildman–Crippen MR) is 71.8 cm³/mol. The van der Waals surface area contributed by atoms with Crippen LogP contribution in [0.4, 0.5) is 14.0 Å². The van der Waals surface area contributed by atoms with E-state index in [0.717, 1.165) is 11.0 Å². The van der Waals surface area contributed by atoms with E-state index in [1.54, 1.807) is 0 Å². The number of benzene rings is 1. The number of hydrogen-bond acceptors (Lipinski definition) is 4. The molecule has 2 rings (SSSR count). The van der Waals surface area contributed by atoms with E-state index in [1.807, 2.05) is 0 Å². The van der Waals surface area contributed by atoms with Crippen LogP contribution in [0.3, 0.4) is 0 Å². The molecule has 0 radical (unpaired) electrons. The van der Waals surface area contributed by atoms with Crippen LogP contribution in [0, 0.1) is 5.82 Å². The molecule has 1 aliphatic heterocycles. The van der Waals surface area contributed by atoms with Crippen LogP contribution in [0.25, 0.3) is 0 Å². The first-order valence-corrected chi connectivity index (χ1v) is 7.81. The Morgan fingerprint density at radius 3 is 2.52 bits per heavy atom. The smallest absolute Gasteiger partial charge is 0.337 e. The molecule has 21 heavy (non-hydrogen) atoms. The number of nitrogens with zero attached hydrogens (tertiary/aromatic N) is 1. The highest BCUT2D eigenvalue weighted by atomic mass is 79.9. The SMILES string of the molecule is O=C(O)c1cc(F)c(Br)cc1N1CC(S(=O)(=O)F)CC1=O. The van der Waals surface area contributed by atoms with Crippen molar-refractivity contribution >= 4 is 43.7 Å². The van der Waals surface area contributed by atoms with Gasteiger partial charge in [0.1, 0.15) is 11.1 Å². The minimum absolute atomic E-state index is 0.0955. The first-order chi connectivity index (χ1) is 9.61. The van der Waals surface area contributed by atoms with E-state index < -0.39 is 51.7 Å². The highest BCUT2D eigenvalue weighted by molar-refractivity contribution is 9.10. The Hall–Kier alpha value is -1.55. The molecule has 1 aromatic rings. The van der Waals surface area contributed by atoms with Gasteiger partial charge in [-0.05, 0) is 28.1 Å². The molecule has 0 aromatic heterocycles. The molecule has 1 aromatic carbocycles. The molecule has 1 unspecified atom stereocenters. The predicted octanol–water partition coefficient (Wildman–Crippen LogP) is 1.69. The van der Waals surface area contributed by atoms with E-state index in [0.29, 0.717) is 6.07 Å². The minimum Gasteiger partial charge on any atom is -0.478 e. The fourth-order valence-corrected chi connectivity index (χ4v) is 3.03. The number of carbonyl (C=O) groups excluding carboxylic acids is 1. The molecular weight excluding hydrogens is 376 g/mol. The van der Waals surface area contributed by atoms with Gasteiger partial charge in [0.05, 0.1) is 15.7 Å². The monoisotopic (exact) mass is 383 g/mol. The third-order valence-corrected chi connectivity index (χ3v) is 4.77. The van der Waals surface area contributed by atoms with Crippen molar-refractivity contribution in [2.24, 2.45) is 0 Å². The topological polar surface area (TPSA) is 91.8 Å². The highest BCUT2D eigenvalue weighted by Crippen LogP contribution is 2.32. The van der Waals surface area contributed by atoms with Crippen molar-refractivity contribution in [3.8, 4) is 0 Å². The molecule has 0 saturated carbocycles. The average molecular weight is 384 g/mol. The van der Waals surface area contributed by atoms with Gasteiger partial charge in [-0.15, -0.1) is 3.89 Å². The van der Waals surface area contributed by atoms with Crippen molar-refractivity contribution in [3.05, 3.63) is 28.0 Å². The van der Waals surface area contributed by atoms with Gasteiger partial charge in [-0.3, -0.25) is 4.79 Å². The van der Waals surface area contributed by atoms with Crippen LogP contribution < -0.4 is 4.90 Å². The van der Waals surface area contributed by atoms with Crippen molar-refractivity contribution < 1.29 is 31.4 Å². The minimum atomic E-state index is -4.92. The molecular formula is C11H8BrF2NO5S. The van der Waals surface area contributed by atoms with Crippen LogP contribution in [-0.2, 0) is 15.0 Å². The van der Waals surface area contributed by atoms with Crippen molar-refractivity contribution in [1.82, 2.24) is 0 Å². The Morgan fingerprint density at radius 1 is 1.43 bits per heavy atom. The number of carboxylic acid groups (broad SMARTS) is 1. The lowest BCUT2D eigenvalue weighted by molar-refractivity contribution is -0.117. The van der Waals surface area contributed by atoms with Gasteiger partial charge < -0.3 is 10.0 Å². The molecule has 1 amide bonds. The van der Waals surface area contributed by atoms with Gasteiger partial charge in [0.25, 0.3) is 0 Å². The Labute approximate surface area is 126 Å². The fourth-order valence-electron chi connectivity index (χ4n) is 2.03. The van der Waals surface area contributed by atoms with Crippen LogP contribution in [-0.4, -0.2) is 37.2 Å². The zero-order valence-electron chi connectivity index (χ0n) is 10.2. The molecule has 1 aliphatic rings. The highest BCUT2D eigenvalue weighted by Gasteiger charge is 2.40. The molecule has 1 saturated heterocycles. The second-order valence-corrected chi connectivity index (χ2v) is 6.87.